The Morgan fingerprint density at radius 3 is 2.00 bits per heavy atom. The number of nitrogens with two attached hydrogens (primary N) is 1. The Bertz CT molecular complexity index is 1110. The number of benzene rings is 1. The third-order valence-electron chi connectivity index (χ3n) is 7.15. The molecule has 1 aromatic rings. The first-order chi connectivity index (χ1) is 20.9. The zero-order valence-corrected chi connectivity index (χ0v) is 28.6. The second-order valence-corrected chi connectivity index (χ2v) is 14.3. The average Bonchev–Trinajstić information content (AvgIpc) is 2.93. The third kappa shape index (κ3) is 17.4. The highest BCUT2D eigenvalue weighted by atomic mass is 16.5. The Kier molecular flexibility index (Phi) is 16.6. The van der Waals surface area contributed by atoms with Crippen LogP contribution in [-0.2, 0) is 30.5 Å². The number of rotatable bonds is 18. The van der Waals surface area contributed by atoms with Crippen molar-refractivity contribution in [3.8, 4) is 0 Å². The van der Waals surface area contributed by atoms with Gasteiger partial charge in [0.25, 0.3) is 0 Å². The molecular weight excluding hydrogens is 574 g/mol. The highest BCUT2D eigenvalue weighted by Crippen LogP contribution is 2.22. The zero-order chi connectivity index (χ0) is 34.2. The molecule has 5 amide bonds. The van der Waals surface area contributed by atoms with E-state index in [1.54, 1.807) is 45.0 Å². The lowest BCUT2D eigenvalue weighted by Gasteiger charge is -2.25. The molecule has 0 radical (unpaired) electrons. The molecule has 0 aromatic heterocycles. The SMILES string of the molecule is CC(C)C(NC(=O)CCCCCCC(C)(C)C)C(=O)NC(CCCNC(N)=O)C(=O)Nc1ccc(COC(=O)C(C)(C)C)cc1. The molecular formula is C34H57N5O6. The molecule has 0 aliphatic rings. The molecule has 1 rings (SSSR count). The van der Waals surface area contributed by atoms with Crippen molar-refractivity contribution in [2.24, 2.45) is 22.5 Å². The summed E-state index contributed by atoms with van der Waals surface area (Å²) in [6.45, 7) is 16.0. The van der Waals surface area contributed by atoms with E-state index in [1.165, 1.54) is 0 Å². The van der Waals surface area contributed by atoms with Gasteiger partial charge in [-0.1, -0.05) is 66.0 Å². The topological polar surface area (TPSA) is 169 Å². The van der Waals surface area contributed by atoms with E-state index in [2.05, 4.69) is 42.0 Å². The van der Waals surface area contributed by atoms with E-state index in [4.69, 9.17) is 10.5 Å². The quantitative estimate of drug-likeness (QED) is 0.111. The molecule has 1 aromatic carbocycles. The Morgan fingerprint density at radius 2 is 1.44 bits per heavy atom. The summed E-state index contributed by atoms with van der Waals surface area (Å²) < 4.78 is 5.34. The van der Waals surface area contributed by atoms with Crippen molar-refractivity contribution < 1.29 is 28.7 Å². The number of ether oxygens (including phenoxy) is 1. The van der Waals surface area contributed by atoms with Crippen molar-refractivity contribution in [1.29, 1.82) is 0 Å². The third-order valence-corrected chi connectivity index (χ3v) is 7.15. The number of nitrogens with one attached hydrogen (secondary N) is 4. The maximum atomic E-state index is 13.3. The molecule has 2 unspecified atom stereocenters. The van der Waals surface area contributed by atoms with Gasteiger partial charge < -0.3 is 31.7 Å². The number of esters is 1. The molecule has 2 atom stereocenters. The van der Waals surface area contributed by atoms with Gasteiger partial charge in [-0.15, -0.1) is 0 Å². The number of urea groups is 1. The van der Waals surface area contributed by atoms with Gasteiger partial charge in [0.2, 0.25) is 17.7 Å². The lowest BCUT2D eigenvalue weighted by atomic mass is 9.89. The molecule has 11 heteroatoms. The van der Waals surface area contributed by atoms with E-state index >= 15 is 0 Å². The van der Waals surface area contributed by atoms with Crippen LogP contribution in [0.2, 0.25) is 0 Å². The summed E-state index contributed by atoms with van der Waals surface area (Å²) in [6, 6.07) is 4.44. The van der Waals surface area contributed by atoms with E-state index in [9.17, 15) is 24.0 Å². The number of amides is 5. The number of carbonyl (C=O) groups is 5. The summed E-state index contributed by atoms with van der Waals surface area (Å²) in [4.78, 5) is 62.5. The predicted octanol–water partition coefficient (Wildman–Crippen LogP) is 5.18. The lowest BCUT2D eigenvalue weighted by molar-refractivity contribution is -0.154. The minimum atomic E-state index is -0.930. The van der Waals surface area contributed by atoms with E-state index in [1.807, 2.05) is 13.8 Å². The summed E-state index contributed by atoms with van der Waals surface area (Å²) in [7, 11) is 0. The van der Waals surface area contributed by atoms with E-state index < -0.39 is 35.3 Å². The number of anilines is 1. The standard InChI is InChI=1S/C34H57N5O6/c1-23(2)28(39-27(40)15-11-9-10-12-20-33(3,4)5)30(42)38-26(14-13-21-36-32(35)44)29(41)37-25-18-16-24(17-19-25)22-45-31(43)34(6,7)8/h16-19,23,26,28H,9-15,20-22H2,1-8H3,(H,37,41)(H,38,42)(H,39,40)(H3,35,36,44). The lowest BCUT2D eigenvalue weighted by Crippen LogP contribution is -2.54. The molecule has 0 saturated heterocycles. The maximum absolute atomic E-state index is 13.3. The van der Waals surface area contributed by atoms with E-state index in [-0.39, 0.29) is 37.4 Å². The van der Waals surface area contributed by atoms with Gasteiger partial charge in [-0.05, 0) is 75.5 Å². The number of carbonyl (C=O) groups excluding carboxylic acids is 5. The maximum Gasteiger partial charge on any atom is 0.312 e. The minimum absolute atomic E-state index is 0.107. The van der Waals surface area contributed by atoms with Crippen molar-refractivity contribution in [1.82, 2.24) is 16.0 Å². The van der Waals surface area contributed by atoms with Crippen LogP contribution in [0.5, 0.6) is 0 Å². The summed E-state index contributed by atoms with van der Waals surface area (Å²) in [5.74, 6) is -1.62. The first-order valence-corrected chi connectivity index (χ1v) is 16.1. The summed E-state index contributed by atoms with van der Waals surface area (Å²) in [6.07, 6.45) is 5.97. The summed E-state index contributed by atoms with van der Waals surface area (Å²) in [5.41, 5.74) is 6.10. The summed E-state index contributed by atoms with van der Waals surface area (Å²) >= 11 is 0. The summed E-state index contributed by atoms with van der Waals surface area (Å²) in [5, 5.41) is 11.0. The van der Waals surface area contributed by atoms with Crippen LogP contribution in [-0.4, -0.2) is 48.4 Å². The van der Waals surface area contributed by atoms with Crippen molar-refractivity contribution in [3.63, 3.8) is 0 Å². The smallest absolute Gasteiger partial charge is 0.312 e. The van der Waals surface area contributed by atoms with Crippen molar-refractivity contribution in [2.45, 2.75) is 125 Å². The van der Waals surface area contributed by atoms with Crippen LogP contribution >= 0.6 is 0 Å². The fourth-order valence-corrected chi connectivity index (χ4v) is 4.40. The second kappa shape index (κ2) is 19.0. The molecule has 0 spiro atoms. The number of hydrogen-bond donors (Lipinski definition) is 5. The van der Waals surface area contributed by atoms with E-state index in [0.717, 1.165) is 37.7 Å². The van der Waals surface area contributed by atoms with Crippen LogP contribution in [0, 0.1) is 16.7 Å². The van der Waals surface area contributed by atoms with Crippen molar-refractivity contribution in [2.75, 3.05) is 11.9 Å². The molecule has 0 fully saturated rings. The first-order valence-electron chi connectivity index (χ1n) is 16.1. The van der Waals surface area contributed by atoms with Gasteiger partial charge in [-0.3, -0.25) is 19.2 Å². The van der Waals surface area contributed by atoms with Gasteiger partial charge in [-0.2, -0.15) is 0 Å². The molecule has 0 heterocycles. The van der Waals surface area contributed by atoms with Gasteiger partial charge in [-0.25, -0.2) is 4.79 Å². The number of primary amides is 1. The van der Waals surface area contributed by atoms with Crippen LogP contribution in [0.3, 0.4) is 0 Å². The predicted molar refractivity (Wildman–Crippen MR) is 177 cm³/mol. The van der Waals surface area contributed by atoms with Gasteiger partial charge in [0.1, 0.15) is 18.7 Å². The van der Waals surface area contributed by atoms with Crippen LogP contribution in [0.4, 0.5) is 10.5 Å². The molecule has 0 bridgehead atoms. The molecule has 0 aliphatic carbocycles. The van der Waals surface area contributed by atoms with Crippen LogP contribution < -0.4 is 27.0 Å². The Morgan fingerprint density at radius 1 is 0.822 bits per heavy atom. The normalized spacial score (nSPS) is 13.0. The Labute approximate surface area is 269 Å². The fourth-order valence-electron chi connectivity index (χ4n) is 4.40. The Hall–Kier alpha value is -3.63. The van der Waals surface area contributed by atoms with Crippen LogP contribution in [0.25, 0.3) is 0 Å². The number of unbranched alkanes of at least 4 members (excludes halogenated alkanes) is 3. The largest absolute Gasteiger partial charge is 0.460 e. The minimum Gasteiger partial charge on any atom is -0.460 e. The Balaban J connectivity index is 2.81. The molecule has 0 aliphatic heterocycles. The second-order valence-electron chi connectivity index (χ2n) is 14.3. The highest BCUT2D eigenvalue weighted by Gasteiger charge is 2.29. The van der Waals surface area contributed by atoms with Gasteiger partial charge in [0.05, 0.1) is 5.41 Å². The van der Waals surface area contributed by atoms with Crippen molar-refractivity contribution >= 4 is 35.4 Å². The highest BCUT2D eigenvalue weighted by molar-refractivity contribution is 5.98. The molecule has 254 valence electrons. The van der Waals surface area contributed by atoms with E-state index in [0.29, 0.717) is 23.9 Å². The molecule has 45 heavy (non-hydrogen) atoms. The van der Waals surface area contributed by atoms with Crippen molar-refractivity contribution in [3.05, 3.63) is 29.8 Å². The van der Waals surface area contributed by atoms with Crippen LogP contribution in [0.1, 0.15) is 112 Å². The molecule has 11 nitrogen and oxygen atoms in total. The number of hydrogen-bond acceptors (Lipinski definition) is 6. The van der Waals surface area contributed by atoms with Crippen LogP contribution in [0.15, 0.2) is 24.3 Å². The average molecular weight is 632 g/mol. The van der Waals surface area contributed by atoms with Gasteiger partial charge in [0, 0.05) is 18.7 Å². The fraction of sp³-hybridized carbons (Fsp3) is 0.676. The first kappa shape index (κ1) is 39.4. The zero-order valence-electron chi connectivity index (χ0n) is 28.6. The van der Waals surface area contributed by atoms with Gasteiger partial charge in [0.15, 0.2) is 0 Å². The van der Waals surface area contributed by atoms with Gasteiger partial charge >= 0.3 is 12.0 Å². The monoisotopic (exact) mass is 631 g/mol. The molecule has 0 saturated carbocycles. The molecule has 6 N–H and O–H groups in total.